The van der Waals surface area contributed by atoms with E-state index in [1.165, 1.54) is 7.11 Å². The highest BCUT2D eigenvalue weighted by atomic mass is 16.6. The van der Waals surface area contributed by atoms with Gasteiger partial charge in [0, 0.05) is 11.6 Å². The van der Waals surface area contributed by atoms with Crippen molar-refractivity contribution in [2.45, 2.75) is 26.9 Å². The number of aliphatic hydroxyl groups excluding tert-OH is 1. The first-order chi connectivity index (χ1) is 8.93. The van der Waals surface area contributed by atoms with Crippen LogP contribution < -0.4 is 14.2 Å². The van der Waals surface area contributed by atoms with E-state index in [4.69, 9.17) is 14.2 Å². The van der Waals surface area contributed by atoms with Gasteiger partial charge in [0.1, 0.15) is 5.75 Å². The van der Waals surface area contributed by atoms with Crippen LogP contribution in [0.3, 0.4) is 0 Å². The van der Waals surface area contributed by atoms with Crippen molar-refractivity contribution < 1.29 is 24.1 Å². The molecule has 102 valence electrons. The standard InChI is InChI=1S/C14H16O5/c1-7(2)13-14(16)19-11-5-9(8(3)15)10(17-4)6-12(11)18-13/h5-6,8,15H,1-4H3. The molecule has 0 aliphatic carbocycles. The lowest BCUT2D eigenvalue weighted by Gasteiger charge is -2.22. The van der Waals surface area contributed by atoms with Gasteiger partial charge in [0.15, 0.2) is 11.5 Å². The van der Waals surface area contributed by atoms with Crippen LogP contribution in [0.15, 0.2) is 23.5 Å². The van der Waals surface area contributed by atoms with Crippen LogP contribution in [-0.2, 0) is 4.79 Å². The molecule has 1 aliphatic rings. The number of esters is 1. The topological polar surface area (TPSA) is 65.0 Å². The van der Waals surface area contributed by atoms with Crippen LogP contribution in [0.4, 0.5) is 0 Å². The normalized spacial score (nSPS) is 15.2. The van der Waals surface area contributed by atoms with Gasteiger partial charge in [0.05, 0.1) is 13.2 Å². The zero-order valence-electron chi connectivity index (χ0n) is 11.3. The molecule has 0 amide bonds. The number of hydrogen-bond acceptors (Lipinski definition) is 5. The van der Waals surface area contributed by atoms with Gasteiger partial charge < -0.3 is 19.3 Å². The summed E-state index contributed by atoms with van der Waals surface area (Å²) in [6.07, 6.45) is -0.733. The Morgan fingerprint density at radius 2 is 1.89 bits per heavy atom. The van der Waals surface area contributed by atoms with E-state index in [0.717, 1.165) is 5.57 Å². The quantitative estimate of drug-likeness (QED) is 0.504. The number of aliphatic hydroxyl groups is 1. The summed E-state index contributed by atoms with van der Waals surface area (Å²) >= 11 is 0. The Morgan fingerprint density at radius 1 is 1.26 bits per heavy atom. The van der Waals surface area contributed by atoms with Crippen molar-refractivity contribution in [3.8, 4) is 17.2 Å². The SMILES string of the molecule is COc1cc2c(cc1C(C)O)OC(=O)C(=C(C)C)O2. The minimum Gasteiger partial charge on any atom is -0.496 e. The Hall–Kier alpha value is -2.01. The number of allylic oxidation sites excluding steroid dienone is 1. The lowest BCUT2D eigenvalue weighted by atomic mass is 10.1. The van der Waals surface area contributed by atoms with Crippen molar-refractivity contribution in [3.63, 3.8) is 0 Å². The predicted molar refractivity (Wildman–Crippen MR) is 68.3 cm³/mol. The molecule has 0 saturated carbocycles. The second-order valence-corrected chi connectivity index (χ2v) is 4.54. The van der Waals surface area contributed by atoms with Gasteiger partial charge in [-0.25, -0.2) is 4.79 Å². The molecule has 0 saturated heterocycles. The molecule has 2 rings (SSSR count). The minimum atomic E-state index is -0.733. The summed E-state index contributed by atoms with van der Waals surface area (Å²) in [4.78, 5) is 11.7. The molecule has 1 aromatic rings. The molecule has 0 aromatic heterocycles. The third-order valence-corrected chi connectivity index (χ3v) is 2.80. The number of benzene rings is 1. The summed E-state index contributed by atoms with van der Waals surface area (Å²) in [6.45, 7) is 5.14. The molecule has 1 heterocycles. The van der Waals surface area contributed by atoms with Crippen LogP contribution in [-0.4, -0.2) is 18.2 Å². The van der Waals surface area contributed by atoms with Crippen LogP contribution in [0, 0.1) is 0 Å². The number of methoxy groups -OCH3 is 1. The van der Waals surface area contributed by atoms with Crippen molar-refractivity contribution in [2.24, 2.45) is 0 Å². The molecule has 0 radical (unpaired) electrons. The van der Waals surface area contributed by atoms with E-state index in [1.807, 2.05) is 0 Å². The van der Waals surface area contributed by atoms with Gasteiger partial charge in [0.2, 0.25) is 5.76 Å². The van der Waals surface area contributed by atoms with Crippen molar-refractivity contribution in [2.75, 3.05) is 7.11 Å². The molecule has 5 heteroatoms. The van der Waals surface area contributed by atoms with E-state index >= 15 is 0 Å². The highest BCUT2D eigenvalue weighted by molar-refractivity contribution is 5.91. The molecule has 19 heavy (non-hydrogen) atoms. The van der Waals surface area contributed by atoms with Crippen LogP contribution in [0.2, 0.25) is 0 Å². The fourth-order valence-corrected chi connectivity index (χ4v) is 1.82. The Morgan fingerprint density at radius 3 is 2.42 bits per heavy atom. The molecule has 0 bridgehead atoms. The molecule has 1 N–H and O–H groups in total. The fourth-order valence-electron chi connectivity index (χ4n) is 1.82. The lowest BCUT2D eigenvalue weighted by Crippen LogP contribution is -2.22. The predicted octanol–water partition coefficient (Wildman–Crippen LogP) is 2.34. The lowest BCUT2D eigenvalue weighted by molar-refractivity contribution is -0.134. The Labute approximate surface area is 111 Å². The van der Waals surface area contributed by atoms with Gasteiger partial charge in [-0.3, -0.25) is 0 Å². The summed E-state index contributed by atoms with van der Waals surface area (Å²) < 4.78 is 15.9. The summed E-state index contributed by atoms with van der Waals surface area (Å²) in [5.41, 5.74) is 1.27. The van der Waals surface area contributed by atoms with Crippen molar-refractivity contribution >= 4 is 5.97 Å². The first-order valence-electron chi connectivity index (χ1n) is 5.91. The zero-order valence-corrected chi connectivity index (χ0v) is 11.3. The number of fused-ring (bicyclic) bond motifs is 1. The van der Waals surface area contributed by atoms with Crippen LogP contribution >= 0.6 is 0 Å². The average Bonchev–Trinajstić information content (AvgIpc) is 2.35. The maximum atomic E-state index is 11.7. The second-order valence-electron chi connectivity index (χ2n) is 4.54. The van der Waals surface area contributed by atoms with E-state index < -0.39 is 12.1 Å². The summed E-state index contributed by atoms with van der Waals surface area (Å²) in [6, 6.07) is 3.16. The van der Waals surface area contributed by atoms with Crippen molar-refractivity contribution in [3.05, 3.63) is 29.0 Å². The number of carbonyl (C=O) groups excluding carboxylic acids is 1. The Kier molecular flexibility index (Phi) is 3.48. The Bertz CT molecular complexity index is 553. The van der Waals surface area contributed by atoms with E-state index in [0.29, 0.717) is 17.1 Å². The Balaban J connectivity index is 2.53. The van der Waals surface area contributed by atoms with Gasteiger partial charge in [-0.2, -0.15) is 0 Å². The number of rotatable bonds is 2. The summed E-state index contributed by atoms with van der Waals surface area (Å²) in [5.74, 6) is 0.817. The van der Waals surface area contributed by atoms with E-state index in [1.54, 1.807) is 32.9 Å². The minimum absolute atomic E-state index is 0.180. The third-order valence-electron chi connectivity index (χ3n) is 2.80. The maximum Gasteiger partial charge on any atom is 0.379 e. The third kappa shape index (κ3) is 2.42. The highest BCUT2D eigenvalue weighted by Crippen LogP contribution is 2.41. The average molecular weight is 264 g/mol. The molecule has 1 atom stereocenters. The monoisotopic (exact) mass is 264 g/mol. The van der Waals surface area contributed by atoms with Crippen LogP contribution in [0.25, 0.3) is 0 Å². The van der Waals surface area contributed by atoms with Gasteiger partial charge in [-0.15, -0.1) is 0 Å². The summed E-state index contributed by atoms with van der Waals surface area (Å²) in [5, 5.41) is 9.67. The van der Waals surface area contributed by atoms with Gasteiger partial charge in [-0.05, 0) is 32.4 Å². The van der Waals surface area contributed by atoms with E-state index in [9.17, 15) is 9.90 Å². The molecule has 0 fully saturated rings. The van der Waals surface area contributed by atoms with Gasteiger partial charge >= 0.3 is 5.97 Å². The zero-order chi connectivity index (χ0) is 14.2. The largest absolute Gasteiger partial charge is 0.496 e. The van der Waals surface area contributed by atoms with Gasteiger partial charge in [0.25, 0.3) is 0 Å². The number of carbonyl (C=O) groups is 1. The highest BCUT2D eigenvalue weighted by Gasteiger charge is 2.27. The first-order valence-corrected chi connectivity index (χ1v) is 5.91. The van der Waals surface area contributed by atoms with Crippen molar-refractivity contribution in [1.82, 2.24) is 0 Å². The second kappa shape index (κ2) is 4.93. The maximum absolute atomic E-state index is 11.7. The molecular formula is C14H16O5. The number of ether oxygens (including phenoxy) is 3. The van der Waals surface area contributed by atoms with Crippen LogP contribution in [0.1, 0.15) is 32.4 Å². The summed E-state index contributed by atoms with van der Waals surface area (Å²) in [7, 11) is 1.50. The molecule has 1 unspecified atom stereocenters. The molecular weight excluding hydrogens is 248 g/mol. The molecule has 1 aliphatic heterocycles. The molecule has 5 nitrogen and oxygen atoms in total. The number of hydrogen-bond donors (Lipinski definition) is 1. The van der Waals surface area contributed by atoms with E-state index in [2.05, 4.69) is 0 Å². The van der Waals surface area contributed by atoms with Gasteiger partial charge in [-0.1, -0.05) is 0 Å². The van der Waals surface area contributed by atoms with E-state index in [-0.39, 0.29) is 11.5 Å². The van der Waals surface area contributed by atoms with Crippen LogP contribution in [0.5, 0.6) is 17.2 Å². The molecule has 1 aromatic carbocycles. The molecule has 0 spiro atoms. The first kappa shape index (κ1) is 13.4. The van der Waals surface area contributed by atoms with Crippen molar-refractivity contribution in [1.29, 1.82) is 0 Å². The smallest absolute Gasteiger partial charge is 0.379 e. The fraction of sp³-hybridized carbons (Fsp3) is 0.357.